The number of carbonyl (C=O) groups excluding carboxylic acids is 4. The van der Waals surface area contributed by atoms with E-state index in [1.54, 1.807) is 54.6 Å². The Hall–Kier alpha value is -4.78. The Balaban J connectivity index is 1.52. The van der Waals surface area contributed by atoms with Gasteiger partial charge in [-0.2, -0.15) is 0 Å². The summed E-state index contributed by atoms with van der Waals surface area (Å²) in [5, 5.41) is 0. The van der Waals surface area contributed by atoms with Crippen molar-refractivity contribution in [1.82, 2.24) is 0 Å². The summed E-state index contributed by atoms with van der Waals surface area (Å²) in [6.07, 6.45) is 9.56. The third-order valence-corrected chi connectivity index (χ3v) is 8.10. The van der Waals surface area contributed by atoms with Gasteiger partial charge in [-0.25, -0.2) is 9.59 Å². The van der Waals surface area contributed by atoms with Crippen LogP contribution in [0.5, 0.6) is 0 Å². The van der Waals surface area contributed by atoms with Crippen LogP contribution in [0.1, 0.15) is 78.7 Å². The first kappa shape index (κ1) is 35.1. The van der Waals surface area contributed by atoms with Gasteiger partial charge in [-0.05, 0) is 75.4 Å². The van der Waals surface area contributed by atoms with Crippen LogP contribution in [-0.2, 0) is 30.2 Å². The molecule has 3 aromatic carbocycles. The molecule has 1 aliphatic rings. The summed E-state index contributed by atoms with van der Waals surface area (Å²) in [5.74, 6) is -1.80. The van der Waals surface area contributed by atoms with Gasteiger partial charge in [-0.1, -0.05) is 85.0 Å². The molecule has 0 saturated heterocycles. The molecule has 7 nitrogen and oxygen atoms in total. The largest absolute Gasteiger partial charge is 0.463 e. The normalized spacial score (nSPS) is 19.2. The minimum atomic E-state index is -0.612. The van der Waals surface area contributed by atoms with Gasteiger partial charge in [0.1, 0.15) is 12.2 Å². The molecular weight excluding hydrogens is 592 g/mol. The van der Waals surface area contributed by atoms with Crippen molar-refractivity contribution in [1.29, 1.82) is 0 Å². The summed E-state index contributed by atoms with van der Waals surface area (Å²) >= 11 is 0. The number of hydrogen-bond acceptors (Lipinski definition) is 7. The maximum Gasteiger partial charge on any atom is 0.338 e. The third kappa shape index (κ3) is 11.5. The minimum Gasteiger partial charge on any atom is -0.463 e. The molecule has 1 saturated carbocycles. The molecule has 7 heteroatoms. The fraction of sp³-hybridized carbons (Fsp3) is 0.350. The van der Waals surface area contributed by atoms with Gasteiger partial charge in [-0.3, -0.25) is 9.59 Å². The zero-order chi connectivity index (χ0) is 33.4. The highest BCUT2D eigenvalue weighted by molar-refractivity contribution is 5.91. The van der Waals surface area contributed by atoms with Crippen LogP contribution in [0, 0.1) is 11.8 Å². The second-order valence-corrected chi connectivity index (χ2v) is 12.0. The van der Waals surface area contributed by atoms with E-state index in [-0.39, 0.29) is 29.7 Å². The summed E-state index contributed by atoms with van der Waals surface area (Å²) in [5.41, 5.74) is 1.94. The SMILES string of the molecule is CC(C)OC(=O)CCC/C=C\C[C@@H]1[C@@H](/C=C/C(=O)CCc2ccccc2)[C@H](OC(=O)c2ccccc2)C[C@@H]1OC(=O)c1ccccc1. The van der Waals surface area contributed by atoms with E-state index in [0.29, 0.717) is 56.1 Å². The van der Waals surface area contributed by atoms with Gasteiger partial charge in [0, 0.05) is 31.1 Å². The zero-order valence-corrected chi connectivity index (χ0v) is 27.2. The fourth-order valence-corrected chi connectivity index (χ4v) is 5.75. The maximum absolute atomic E-state index is 13.2. The van der Waals surface area contributed by atoms with Gasteiger partial charge in [0.2, 0.25) is 0 Å². The van der Waals surface area contributed by atoms with Crippen LogP contribution in [0.15, 0.2) is 115 Å². The van der Waals surface area contributed by atoms with Crippen molar-refractivity contribution in [2.24, 2.45) is 11.8 Å². The Morgan fingerprint density at radius 3 is 1.91 bits per heavy atom. The topological polar surface area (TPSA) is 96.0 Å². The highest BCUT2D eigenvalue weighted by Crippen LogP contribution is 2.40. The number of hydrogen-bond donors (Lipinski definition) is 0. The maximum atomic E-state index is 13.2. The van der Waals surface area contributed by atoms with E-state index in [1.165, 1.54) is 0 Å². The standard InChI is InChI=1S/C40H44O7/c1-29(2)45-38(42)23-15-4-3-14-22-34-35(27-26-33(41)25-24-30-16-8-5-9-17-30)37(47-40(44)32-20-12-7-13-21-32)28-36(34)46-39(43)31-18-10-6-11-19-31/h3,5-14,16-21,26-27,29,34-37H,4,15,22-25,28H2,1-2H3/b14-3-,27-26+/t34-,35-,36+,37-/m1/s1. The molecular formula is C40H44O7. The van der Waals surface area contributed by atoms with Gasteiger partial charge < -0.3 is 14.2 Å². The van der Waals surface area contributed by atoms with E-state index in [2.05, 4.69) is 0 Å². The Labute approximate surface area is 277 Å². The van der Waals surface area contributed by atoms with Crippen LogP contribution in [0.25, 0.3) is 0 Å². The van der Waals surface area contributed by atoms with Crippen molar-refractivity contribution in [3.8, 4) is 0 Å². The number of ether oxygens (including phenoxy) is 3. The van der Waals surface area contributed by atoms with Crippen molar-refractivity contribution in [3.63, 3.8) is 0 Å². The van der Waals surface area contributed by atoms with Gasteiger partial charge in [-0.15, -0.1) is 0 Å². The van der Waals surface area contributed by atoms with Crippen molar-refractivity contribution in [3.05, 3.63) is 132 Å². The highest BCUT2D eigenvalue weighted by Gasteiger charge is 2.45. The average molecular weight is 637 g/mol. The Morgan fingerprint density at radius 2 is 1.32 bits per heavy atom. The summed E-state index contributed by atoms with van der Waals surface area (Å²) in [6.45, 7) is 3.65. The summed E-state index contributed by atoms with van der Waals surface area (Å²) in [7, 11) is 0. The van der Waals surface area contributed by atoms with E-state index in [9.17, 15) is 19.2 Å². The average Bonchev–Trinajstić information content (AvgIpc) is 3.39. The second-order valence-electron chi connectivity index (χ2n) is 12.0. The Bertz CT molecular complexity index is 1500. The first-order chi connectivity index (χ1) is 22.8. The van der Waals surface area contributed by atoms with Crippen LogP contribution in [-0.4, -0.2) is 42.0 Å². The van der Waals surface area contributed by atoms with Crippen molar-refractivity contribution < 1.29 is 33.4 Å². The molecule has 0 aliphatic heterocycles. The van der Waals surface area contributed by atoms with E-state index in [1.807, 2.05) is 74.5 Å². The van der Waals surface area contributed by atoms with Crippen molar-refractivity contribution >= 4 is 23.7 Å². The quantitative estimate of drug-likeness (QED) is 0.0519. The molecule has 0 radical (unpaired) electrons. The third-order valence-electron chi connectivity index (χ3n) is 8.10. The Kier molecular flexibility index (Phi) is 13.7. The predicted molar refractivity (Wildman–Crippen MR) is 181 cm³/mol. The zero-order valence-electron chi connectivity index (χ0n) is 27.2. The van der Waals surface area contributed by atoms with E-state index >= 15 is 0 Å². The predicted octanol–water partition coefficient (Wildman–Crippen LogP) is 7.90. The number of unbranched alkanes of at least 4 members (excludes halogenated alkanes) is 1. The summed E-state index contributed by atoms with van der Waals surface area (Å²) < 4.78 is 17.3. The number of benzene rings is 3. The van der Waals surface area contributed by atoms with E-state index in [4.69, 9.17) is 14.2 Å². The van der Waals surface area contributed by atoms with Gasteiger partial charge in [0.15, 0.2) is 5.78 Å². The molecule has 4 atom stereocenters. The van der Waals surface area contributed by atoms with Crippen LogP contribution in [0.3, 0.4) is 0 Å². The fourth-order valence-electron chi connectivity index (χ4n) is 5.75. The number of rotatable bonds is 16. The van der Waals surface area contributed by atoms with E-state index in [0.717, 1.165) is 5.56 Å². The van der Waals surface area contributed by atoms with Crippen molar-refractivity contribution in [2.45, 2.75) is 77.1 Å². The molecule has 0 unspecified atom stereocenters. The van der Waals surface area contributed by atoms with Crippen LogP contribution in [0.2, 0.25) is 0 Å². The van der Waals surface area contributed by atoms with Crippen LogP contribution >= 0.6 is 0 Å². The molecule has 4 rings (SSSR count). The molecule has 1 fully saturated rings. The van der Waals surface area contributed by atoms with Crippen molar-refractivity contribution in [2.75, 3.05) is 0 Å². The summed E-state index contributed by atoms with van der Waals surface area (Å²) in [4.78, 5) is 51.3. The highest BCUT2D eigenvalue weighted by atomic mass is 16.6. The van der Waals surface area contributed by atoms with Crippen LogP contribution < -0.4 is 0 Å². The molecule has 0 spiro atoms. The van der Waals surface area contributed by atoms with Crippen LogP contribution in [0.4, 0.5) is 0 Å². The number of aryl methyl sites for hydroxylation is 1. The van der Waals surface area contributed by atoms with Gasteiger partial charge >= 0.3 is 17.9 Å². The number of allylic oxidation sites excluding steroid dienone is 3. The lowest BCUT2D eigenvalue weighted by Gasteiger charge is -2.23. The Morgan fingerprint density at radius 1 is 0.745 bits per heavy atom. The van der Waals surface area contributed by atoms with Gasteiger partial charge in [0.05, 0.1) is 17.2 Å². The van der Waals surface area contributed by atoms with Gasteiger partial charge in [0.25, 0.3) is 0 Å². The first-order valence-electron chi connectivity index (χ1n) is 16.4. The second kappa shape index (κ2) is 18.4. The molecule has 246 valence electrons. The molecule has 47 heavy (non-hydrogen) atoms. The van der Waals surface area contributed by atoms with E-state index < -0.39 is 24.1 Å². The minimum absolute atomic E-state index is 0.0331. The molecule has 0 aromatic heterocycles. The number of carbonyl (C=O) groups is 4. The lowest BCUT2D eigenvalue weighted by Crippen LogP contribution is -2.26. The summed E-state index contributed by atoms with van der Waals surface area (Å²) in [6, 6.07) is 27.4. The smallest absolute Gasteiger partial charge is 0.338 e. The lowest BCUT2D eigenvalue weighted by molar-refractivity contribution is -0.147. The molecule has 1 aliphatic carbocycles. The molecule has 3 aromatic rings. The molecule has 0 bridgehead atoms. The molecule has 0 heterocycles. The molecule has 0 N–H and O–H groups in total. The number of ketones is 1. The number of esters is 3. The lowest BCUT2D eigenvalue weighted by atomic mass is 9.89. The first-order valence-corrected chi connectivity index (χ1v) is 16.4. The molecule has 0 amide bonds. The monoisotopic (exact) mass is 636 g/mol.